The van der Waals surface area contributed by atoms with Crippen LogP contribution in [0.2, 0.25) is 0 Å². The van der Waals surface area contributed by atoms with Gasteiger partial charge in [-0.1, -0.05) is 17.8 Å². The van der Waals surface area contributed by atoms with Gasteiger partial charge in [-0.25, -0.2) is 9.37 Å². The molecule has 0 fully saturated rings. The summed E-state index contributed by atoms with van der Waals surface area (Å²) < 4.78 is 25.5. The predicted octanol–water partition coefficient (Wildman–Crippen LogP) is 3.67. The van der Waals surface area contributed by atoms with E-state index in [4.69, 9.17) is 9.47 Å². The van der Waals surface area contributed by atoms with Gasteiger partial charge in [0.15, 0.2) is 22.3 Å². The number of nitrogens with zero attached hydrogens (tertiary/aromatic N) is 2. The molecule has 0 N–H and O–H groups in total. The number of hydrogen-bond acceptors (Lipinski definition) is 6. The molecule has 29 heavy (non-hydrogen) atoms. The van der Waals surface area contributed by atoms with Crippen LogP contribution in [0.15, 0.2) is 58.6 Å². The van der Waals surface area contributed by atoms with Crippen molar-refractivity contribution in [3.8, 4) is 17.2 Å². The molecule has 0 spiro atoms. The Labute approximate surface area is 171 Å². The highest BCUT2D eigenvalue weighted by atomic mass is 32.2. The van der Waals surface area contributed by atoms with Gasteiger partial charge in [0, 0.05) is 18.0 Å². The third-order valence-corrected chi connectivity index (χ3v) is 5.25. The van der Waals surface area contributed by atoms with Crippen LogP contribution in [-0.4, -0.2) is 35.3 Å². The number of aryl methyl sites for hydroxylation is 1. The Kier molecular flexibility index (Phi) is 6.33. The monoisotopic (exact) mass is 414 g/mol. The van der Waals surface area contributed by atoms with Crippen molar-refractivity contribution in [2.45, 2.75) is 11.9 Å². The van der Waals surface area contributed by atoms with Crippen molar-refractivity contribution < 1.29 is 18.7 Å². The fraction of sp³-hybridized carbons (Fsp3) is 0.190. The minimum Gasteiger partial charge on any atom is -0.493 e. The van der Waals surface area contributed by atoms with Gasteiger partial charge in [-0.05, 0) is 42.8 Å². The van der Waals surface area contributed by atoms with Crippen LogP contribution >= 0.6 is 11.8 Å². The fourth-order valence-corrected chi connectivity index (χ4v) is 3.45. The molecule has 3 rings (SSSR count). The van der Waals surface area contributed by atoms with Gasteiger partial charge in [-0.3, -0.25) is 14.2 Å². The van der Waals surface area contributed by atoms with E-state index in [1.54, 1.807) is 37.3 Å². The minimum absolute atomic E-state index is 0.0179. The smallest absolute Gasteiger partial charge is 0.287 e. The van der Waals surface area contributed by atoms with Crippen molar-refractivity contribution in [1.82, 2.24) is 9.55 Å². The normalized spacial score (nSPS) is 10.6. The molecule has 1 aromatic heterocycles. The van der Waals surface area contributed by atoms with Crippen LogP contribution in [0.3, 0.4) is 0 Å². The number of halogens is 1. The first-order valence-electron chi connectivity index (χ1n) is 8.66. The zero-order valence-corrected chi connectivity index (χ0v) is 17.0. The maximum atomic E-state index is 13.9. The number of Topliss-reactive ketones (excluding diaryl/α,β-unsaturated/α-hetero) is 1. The lowest BCUT2D eigenvalue weighted by Crippen LogP contribution is -2.21. The summed E-state index contributed by atoms with van der Waals surface area (Å²) in [4.78, 5) is 29.3. The molecule has 2 aromatic carbocycles. The second-order valence-electron chi connectivity index (χ2n) is 6.12. The van der Waals surface area contributed by atoms with E-state index in [1.807, 2.05) is 0 Å². The number of thioether (sulfide) groups is 1. The topological polar surface area (TPSA) is 70.4 Å². The third kappa shape index (κ3) is 4.48. The average Bonchev–Trinajstić information content (AvgIpc) is 2.74. The summed E-state index contributed by atoms with van der Waals surface area (Å²) >= 11 is 1.03. The van der Waals surface area contributed by atoms with E-state index in [0.29, 0.717) is 28.3 Å². The summed E-state index contributed by atoms with van der Waals surface area (Å²) in [5.74, 6) is 0.404. The molecular formula is C21H19FN2O4S. The number of rotatable bonds is 7. The van der Waals surface area contributed by atoms with Gasteiger partial charge in [0.25, 0.3) is 5.56 Å². The minimum atomic E-state index is -0.416. The lowest BCUT2D eigenvalue weighted by Gasteiger charge is -2.10. The first-order chi connectivity index (χ1) is 13.9. The number of aromatic nitrogens is 2. The maximum Gasteiger partial charge on any atom is 0.287 e. The summed E-state index contributed by atoms with van der Waals surface area (Å²) in [6.45, 7) is 1.65. The van der Waals surface area contributed by atoms with Gasteiger partial charge >= 0.3 is 0 Å². The molecule has 0 radical (unpaired) electrons. The Morgan fingerprint density at radius 3 is 2.59 bits per heavy atom. The first-order valence-corrected chi connectivity index (χ1v) is 9.65. The lowest BCUT2D eigenvalue weighted by atomic mass is 10.1. The Morgan fingerprint density at radius 1 is 1.14 bits per heavy atom. The van der Waals surface area contributed by atoms with Crippen molar-refractivity contribution in [3.05, 3.63) is 76.1 Å². The molecule has 0 amide bonds. The Bertz CT molecular complexity index is 1110. The average molecular weight is 414 g/mol. The zero-order chi connectivity index (χ0) is 21.0. The molecule has 0 saturated heterocycles. The molecule has 0 aliphatic rings. The van der Waals surface area contributed by atoms with Gasteiger partial charge in [-0.15, -0.1) is 0 Å². The first kappa shape index (κ1) is 20.6. The molecule has 0 saturated carbocycles. The number of hydrogen-bond donors (Lipinski definition) is 0. The van der Waals surface area contributed by atoms with E-state index in [1.165, 1.54) is 37.2 Å². The van der Waals surface area contributed by atoms with Crippen LogP contribution in [-0.2, 0) is 0 Å². The van der Waals surface area contributed by atoms with Crippen LogP contribution in [0, 0.1) is 12.7 Å². The second kappa shape index (κ2) is 8.91. The Balaban J connectivity index is 1.80. The molecule has 0 atom stereocenters. The van der Waals surface area contributed by atoms with E-state index in [0.717, 1.165) is 11.8 Å². The van der Waals surface area contributed by atoms with Crippen molar-refractivity contribution in [2.75, 3.05) is 20.0 Å². The largest absolute Gasteiger partial charge is 0.493 e. The Hall–Kier alpha value is -3.13. The van der Waals surface area contributed by atoms with Gasteiger partial charge in [0.1, 0.15) is 5.82 Å². The molecule has 0 aliphatic carbocycles. The molecule has 0 aliphatic heterocycles. The molecule has 150 valence electrons. The number of ketones is 1. The van der Waals surface area contributed by atoms with Gasteiger partial charge in [-0.2, -0.15) is 0 Å². The van der Waals surface area contributed by atoms with Gasteiger partial charge in [0.05, 0.1) is 25.7 Å². The van der Waals surface area contributed by atoms with Gasteiger partial charge in [0.2, 0.25) is 0 Å². The SMILES string of the molecule is COc1ccc(C(=O)CSc2nccn(-c3ccc(C)c(F)c3)c2=O)cc1OC. The highest BCUT2D eigenvalue weighted by Crippen LogP contribution is 2.28. The van der Waals surface area contributed by atoms with Crippen LogP contribution in [0.5, 0.6) is 11.5 Å². The molecule has 6 nitrogen and oxygen atoms in total. The predicted molar refractivity (Wildman–Crippen MR) is 109 cm³/mol. The molecule has 0 unspecified atom stereocenters. The standard InChI is InChI=1S/C21H19FN2O4S/c1-13-4-6-15(11-16(13)22)24-9-8-23-20(21(24)26)29-12-17(25)14-5-7-18(27-2)19(10-14)28-3/h4-11H,12H2,1-3H3. The molecule has 3 aromatic rings. The zero-order valence-electron chi connectivity index (χ0n) is 16.1. The molecular weight excluding hydrogens is 395 g/mol. The van der Waals surface area contributed by atoms with Crippen molar-refractivity contribution >= 4 is 17.5 Å². The van der Waals surface area contributed by atoms with Crippen LogP contribution < -0.4 is 15.0 Å². The summed E-state index contributed by atoms with van der Waals surface area (Å²) in [6, 6.07) is 9.42. The quantitative estimate of drug-likeness (QED) is 0.434. The summed E-state index contributed by atoms with van der Waals surface area (Å²) in [5.41, 5.74) is 0.910. The number of benzene rings is 2. The van der Waals surface area contributed by atoms with E-state index < -0.39 is 11.4 Å². The van der Waals surface area contributed by atoms with Crippen LogP contribution in [0.4, 0.5) is 4.39 Å². The van der Waals surface area contributed by atoms with Crippen LogP contribution in [0.1, 0.15) is 15.9 Å². The molecule has 0 bridgehead atoms. The number of ether oxygens (including phenoxy) is 2. The summed E-state index contributed by atoms with van der Waals surface area (Å²) in [7, 11) is 3.01. The third-order valence-electron chi connectivity index (χ3n) is 4.29. The van der Waals surface area contributed by atoms with E-state index in [9.17, 15) is 14.0 Å². The van der Waals surface area contributed by atoms with E-state index >= 15 is 0 Å². The highest BCUT2D eigenvalue weighted by Gasteiger charge is 2.14. The number of carbonyl (C=O) groups excluding carboxylic acids is 1. The lowest BCUT2D eigenvalue weighted by molar-refractivity contribution is 0.102. The van der Waals surface area contributed by atoms with Crippen LogP contribution in [0.25, 0.3) is 5.69 Å². The van der Waals surface area contributed by atoms with Gasteiger partial charge < -0.3 is 9.47 Å². The van der Waals surface area contributed by atoms with E-state index in [2.05, 4.69) is 4.98 Å². The van der Waals surface area contributed by atoms with Crippen molar-refractivity contribution in [3.63, 3.8) is 0 Å². The highest BCUT2D eigenvalue weighted by molar-refractivity contribution is 7.99. The number of carbonyl (C=O) groups is 1. The summed E-state index contributed by atoms with van der Waals surface area (Å²) in [5, 5.41) is 0.155. The molecule has 1 heterocycles. The van der Waals surface area contributed by atoms with E-state index in [-0.39, 0.29) is 16.6 Å². The van der Waals surface area contributed by atoms with Crippen molar-refractivity contribution in [2.24, 2.45) is 0 Å². The Morgan fingerprint density at radius 2 is 1.90 bits per heavy atom. The number of methoxy groups -OCH3 is 2. The van der Waals surface area contributed by atoms with Crippen molar-refractivity contribution in [1.29, 1.82) is 0 Å². The fourth-order valence-electron chi connectivity index (χ4n) is 2.65. The summed E-state index contributed by atoms with van der Waals surface area (Å²) in [6.07, 6.45) is 2.91. The maximum absolute atomic E-state index is 13.9. The second-order valence-corrected chi connectivity index (χ2v) is 7.09. The molecule has 8 heteroatoms.